The van der Waals surface area contributed by atoms with E-state index in [9.17, 15) is 4.79 Å². The van der Waals surface area contributed by atoms with Gasteiger partial charge >= 0.3 is 0 Å². The molecule has 0 bridgehead atoms. The maximum atomic E-state index is 10.5. The minimum atomic E-state index is 0.661. The fraction of sp³-hybridized carbons (Fsp3) is 0.222. The van der Waals surface area contributed by atoms with Crippen molar-refractivity contribution in [1.29, 1.82) is 0 Å². The quantitative estimate of drug-likeness (QED) is 0.401. The normalized spacial score (nSPS) is 13.0. The maximum Gasteiger partial charge on any atom is 0.150 e. The maximum absolute atomic E-state index is 10.5. The summed E-state index contributed by atoms with van der Waals surface area (Å²) in [6.45, 7) is 7.39. The molecular formula is C9H11BrO. The summed E-state index contributed by atoms with van der Waals surface area (Å²) in [4.78, 5) is 10.5. The third kappa shape index (κ3) is 3.33. The number of halogens is 1. The van der Waals surface area contributed by atoms with Gasteiger partial charge < -0.3 is 0 Å². The standard InChI is InChI=1S/C9H11BrO/c1-4-5-9(6-11)7(2)8(3)10/h4-6H,3H2,1-2H3/b5-4-,9-7+. The van der Waals surface area contributed by atoms with Crippen LogP contribution in [0.2, 0.25) is 0 Å². The van der Waals surface area contributed by atoms with Gasteiger partial charge in [0.25, 0.3) is 0 Å². The zero-order chi connectivity index (χ0) is 8.85. The zero-order valence-electron chi connectivity index (χ0n) is 6.73. The molecule has 0 amide bonds. The van der Waals surface area contributed by atoms with Crippen LogP contribution in [0.25, 0.3) is 0 Å². The highest BCUT2D eigenvalue weighted by atomic mass is 79.9. The summed E-state index contributed by atoms with van der Waals surface area (Å²) in [5.41, 5.74) is 1.53. The first kappa shape index (κ1) is 10.4. The van der Waals surface area contributed by atoms with Gasteiger partial charge in [0.1, 0.15) is 6.29 Å². The van der Waals surface area contributed by atoms with Gasteiger partial charge in [0.05, 0.1) is 0 Å². The van der Waals surface area contributed by atoms with E-state index in [0.717, 1.165) is 16.3 Å². The second-order valence-electron chi connectivity index (χ2n) is 2.10. The highest BCUT2D eigenvalue weighted by Crippen LogP contribution is 2.17. The summed E-state index contributed by atoms with van der Waals surface area (Å²) in [5, 5.41) is 0. The topological polar surface area (TPSA) is 17.1 Å². The Bertz CT molecular complexity index is 224. The van der Waals surface area contributed by atoms with E-state index in [1.165, 1.54) is 0 Å². The molecule has 0 saturated carbocycles. The monoisotopic (exact) mass is 214 g/mol. The minimum absolute atomic E-state index is 0.661. The molecule has 0 saturated heterocycles. The van der Waals surface area contributed by atoms with Crippen molar-refractivity contribution in [3.63, 3.8) is 0 Å². The number of rotatable bonds is 3. The Morgan fingerprint density at radius 2 is 2.09 bits per heavy atom. The van der Waals surface area contributed by atoms with Crippen molar-refractivity contribution in [3.8, 4) is 0 Å². The van der Waals surface area contributed by atoms with E-state index in [-0.39, 0.29) is 0 Å². The van der Waals surface area contributed by atoms with Crippen LogP contribution in [0.4, 0.5) is 0 Å². The first-order valence-corrected chi connectivity index (χ1v) is 4.06. The molecule has 1 nitrogen and oxygen atoms in total. The first-order valence-electron chi connectivity index (χ1n) is 3.27. The van der Waals surface area contributed by atoms with Crippen LogP contribution in [0.5, 0.6) is 0 Å². The average molecular weight is 215 g/mol. The van der Waals surface area contributed by atoms with Crippen LogP contribution in [0.3, 0.4) is 0 Å². The van der Waals surface area contributed by atoms with Crippen molar-refractivity contribution in [1.82, 2.24) is 0 Å². The Kier molecular flexibility index (Phi) is 4.79. The van der Waals surface area contributed by atoms with E-state index in [1.54, 1.807) is 6.08 Å². The Morgan fingerprint density at radius 3 is 2.36 bits per heavy atom. The molecule has 0 aromatic carbocycles. The summed E-state index contributed by atoms with van der Waals surface area (Å²) >= 11 is 3.21. The van der Waals surface area contributed by atoms with Crippen LogP contribution in [0, 0.1) is 0 Å². The largest absolute Gasteiger partial charge is 0.298 e. The number of carbonyl (C=O) groups excluding carboxylic acids is 1. The summed E-state index contributed by atoms with van der Waals surface area (Å²) in [6, 6.07) is 0. The van der Waals surface area contributed by atoms with Gasteiger partial charge in [-0.15, -0.1) is 0 Å². The van der Waals surface area contributed by atoms with E-state index in [1.807, 2.05) is 19.9 Å². The molecule has 11 heavy (non-hydrogen) atoms. The molecule has 0 unspecified atom stereocenters. The molecule has 60 valence electrons. The van der Waals surface area contributed by atoms with Gasteiger partial charge in [-0.05, 0) is 19.4 Å². The Balaban J connectivity index is 4.82. The van der Waals surface area contributed by atoms with Crippen LogP contribution in [0.15, 0.2) is 34.4 Å². The second kappa shape index (κ2) is 5.08. The molecule has 0 aromatic heterocycles. The molecular weight excluding hydrogens is 204 g/mol. The van der Waals surface area contributed by atoms with Gasteiger partial charge in [0, 0.05) is 10.1 Å². The van der Waals surface area contributed by atoms with Crippen LogP contribution in [-0.4, -0.2) is 6.29 Å². The molecule has 0 spiro atoms. The zero-order valence-corrected chi connectivity index (χ0v) is 8.31. The lowest BCUT2D eigenvalue weighted by Gasteiger charge is -1.98. The predicted molar refractivity (Wildman–Crippen MR) is 51.6 cm³/mol. The van der Waals surface area contributed by atoms with Gasteiger partial charge in [-0.25, -0.2) is 0 Å². The number of hydrogen-bond acceptors (Lipinski definition) is 1. The number of aldehydes is 1. The lowest BCUT2D eigenvalue weighted by molar-refractivity contribution is -0.104. The summed E-state index contributed by atoms with van der Waals surface area (Å²) in [6.07, 6.45) is 4.40. The molecule has 0 atom stereocenters. The highest BCUT2D eigenvalue weighted by molar-refractivity contribution is 9.11. The minimum Gasteiger partial charge on any atom is -0.298 e. The Labute approximate surface area is 75.6 Å². The van der Waals surface area contributed by atoms with Gasteiger partial charge in [0.2, 0.25) is 0 Å². The summed E-state index contributed by atoms with van der Waals surface area (Å²) < 4.78 is 0.748. The summed E-state index contributed by atoms with van der Waals surface area (Å²) in [7, 11) is 0. The molecule has 0 N–H and O–H groups in total. The lowest BCUT2D eigenvalue weighted by atomic mass is 10.1. The molecule has 0 aliphatic heterocycles. The molecule has 0 aliphatic rings. The first-order chi connectivity index (χ1) is 5.13. The van der Waals surface area contributed by atoms with Crippen molar-refractivity contribution in [3.05, 3.63) is 34.4 Å². The molecule has 0 heterocycles. The molecule has 0 aliphatic carbocycles. The van der Waals surface area contributed by atoms with Crippen LogP contribution in [0.1, 0.15) is 13.8 Å². The van der Waals surface area contributed by atoms with Gasteiger partial charge in [-0.1, -0.05) is 34.7 Å². The van der Waals surface area contributed by atoms with Gasteiger partial charge in [-0.3, -0.25) is 4.79 Å². The van der Waals surface area contributed by atoms with Crippen molar-refractivity contribution in [2.24, 2.45) is 0 Å². The van der Waals surface area contributed by atoms with Crippen LogP contribution in [-0.2, 0) is 4.79 Å². The Hall–Kier alpha value is -0.630. The SMILES string of the molecule is C=C(Br)/C(C)=C(C=O)\C=C/C. The van der Waals surface area contributed by atoms with E-state index < -0.39 is 0 Å². The van der Waals surface area contributed by atoms with Crippen molar-refractivity contribution < 1.29 is 4.79 Å². The fourth-order valence-corrected chi connectivity index (χ4v) is 0.818. The number of carbonyl (C=O) groups is 1. The third-order valence-corrected chi connectivity index (χ3v) is 1.91. The van der Waals surface area contributed by atoms with Gasteiger partial charge in [0.15, 0.2) is 0 Å². The molecule has 0 rings (SSSR count). The summed E-state index contributed by atoms with van der Waals surface area (Å²) in [5.74, 6) is 0. The van der Waals surface area contributed by atoms with Crippen molar-refractivity contribution in [2.45, 2.75) is 13.8 Å². The number of allylic oxidation sites excluding steroid dienone is 5. The van der Waals surface area contributed by atoms with E-state index in [0.29, 0.717) is 5.57 Å². The molecule has 0 fully saturated rings. The predicted octanol–water partition coefficient (Wildman–Crippen LogP) is 2.99. The highest BCUT2D eigenvalue weighted by Gasteiger charge is 1.97. The van der Waals surface area contributed by atoms with Crippen LogP contribution < -0.4 is 0 Å². The third-order valence-electron chi connectivity index (χ3n) is 1.31. The number of hydrogen-bond donors (Lipinski definition) is 0. The van der Waals surface area contributed by atoms with Crippen molar-refractivity contribution >= 4 is 22.2 Å². The van der Waals surface area contributed by atoms with E-state index >= 15 is 0 Å². The molecule has 0 aromatic rings. The fourth-order valence-electron chi connectivity index (χ4n) is 0.589. The van der Waals surface area contributed by atoms with Crippen LogP contribution >= 0.6 is 15.9 Å². The smallest absolute Gasteiger partial charge is 0.150 e. The van der Waals surface area contributed by atoms with E-state index in [2.05, 4.69) is 22.5 Å². The molecule has 0 radical (unpaired) electrons. The Morgan fingerprint density at radius 1 is 1.55 bits per heavy atom. The van der Waals surface area contributed by atoms with E-state index in [4.69, 9.17) is 0 Å². The second-order valence-corrected chi connectivity index (χ2v) is 3.06. The average Bonchev–Trinajstić information content (AvgIpc) is 1.98. The van der Waals surface area contributed by atoms with Crippen molar-refractivity contribution in [2.75, 3.05) is 0 Å². The molecule has 2 heteroatoms. The lowest BCUT2D eigenvalue weighted by Crippen LogP contribution is -1.85. The van der Waals surface area contributed by atoms with Gasteiger partial charge in [-0.2, -0.15) is 0 Å².